The van der Waals surface area contributed by atoms with Crippen LogP contribution in [0.1, 0.15) is 35.1 Å². The van der Waals surface area contributed by atoms with Gasteiger partial charge in [0, 0.05) is 12.2 Å². The summed E-state index contributed by atoms with van der Waals surface area (Å²) >= 11 is 0. The molecule has 0 bridgehead atoms. The number of aliphatic hydroxyl groups is 2. The van der Waals surface area contributed by atoms with Crippen LogP contribution in [0.4, 0.5) is 0 Å². The second-order valence-corrected chi connectivity index (χ2v) is 6.12. The minimum Gasteiger partial charge on any atom is -0.504 e. The molecule has 2 aromatic carbocycles. The normalized spacial score (nSPS) is 18.7. The van der Waals surface area contributed by atoms with Crippen LogP contribution in [-0.4, -0.2) is 40.7 Å². The van der Waals surface area contributed by atoms with E-state index in [-0.39, 0.29) is 30.6 Å². The van der Waals surface area contributed by atoms with Crippen molar-refractivity contribution in [3.05, 3.63) is 47.0 Å². The Morgan fingerprint density at radius 3 is 2.52 bits per heavy atom. The quantitative estimate of drug-likeness (QED) is 0.599. The van der Waals surface area contributed by atoms with E-state index in [2.05, 4.69) is 0 Å². The van der Waals surface area contributed by atoms with E-state index in [0.29, 0.717) is 29.9 Å². The van der Waals surface area contributed by atoms with Gasteiger partial charge in [0.1, 0.15) is 6.10 Å². The summed E-state index contributed by atoms with van der Waals surface area (Å²) < 4.78 is 11.5. The average Bonchev–Trinajstić information content (AvgIpc) is 3.00. The van der Waals surface area contributed by atoms with E-state index in [1.807, 2.05) is 12.1 Å². The van der Waals surface area contributed by atoms with Gasteiger partial charge in [0.25, 0.3) is 0 Å². The third-order valence-corrected chi connectivity index (χ3v) is 4.52. The van der Waals surface area contributed by atoms with Gasteiger partial charge in [0.15, 0.2) is 23.0 Å². The number of methoxy groups -OCH3 is 1. The lowest BCUT2D eigenvalue weighted by Crippen LogP contribution is -2.13. The third-order valence-electron chi connectivity index (χ3n) is 4.52. The van der Waals surface area contributed by atoms with Gasteiger partial charge in [-0.1, -0.05) is 12.1 Å². The molecule has 0 radical (unpaired) electrons. The first-order valence-corrected chi connectivity index (χ1v) is 8.20. The Kier molecular flexibility index (Phi) is 5.01. The van der Waals surface area contributed by atoms with Crippen LogP contribution in [0.25, 0.3) is 0 Å². The summed E-state index contributed by atoms with van der Waals surface area (Å²) in [7, 11) is 1.56. The van der Waals surface area contributed by atoms with Crippen LogP contribution in [0.2, 0.25) is 0 Å². The van der Waals surface area contributed by atoms with E-state index in [9.17, 15) is 15.3 Å². The highest BCUT2D eigenvalue weighted by molar-refractivity contribution is 5.55. The zero-order valence-electron chi connectivity index (χ0n) is 14.0. The van der Waals surface area contributed by atoms with Crippen LogP contribution in [0, 0.1) is 0 Å². The van der Waals surface area contributed by atoms with Crippen molar-refractivity contribution in [2.75, 3.05) is 20.3 Å². The minimum atomic E-state index is -0.492. The van der Waals surface area contributed by atoms with Crippen LogP contribution >= 0.6 is 0 Å². The second kappa shape index (κ2) is 7.21. The van der Waals surface area contributed by atoms with Crippen molar-refractivity contribution in [1.82, 2.24) is 0 Å². The molecule has 4 N–H and O–H groups in total. The third kappa shape index (κ3) is 3.23. The predicted octanol–water partition coefficient (Wildman–Crippen LogP) is 2.24. The van der Waals surface area contributed by atoms with Gasteiger partial charge in [0.05, 0.1) is 19.6 Å². The molecule has 0 aromatic heterocycles. The number of fused-ring (bicyclic) bond motifs is 1. The molecule has 2 unspecified atom stereocenters. The van der Waals surface area contributed by atoms with Crippen molar-refractivity contribution in [3.8, 4) is 23.0 Å². The second-order valence-electron chi connectivity index (χ2n) is 6.12. The van der Waals surface area contributed by atoms with E-state index in [1.165, 1.54) is 12.1 Å². The topological polar surface area (TPSA) is 99.4 Å². The molecular formula is C19H22O6. The summed E-state index contributed by atoms with van der Waals surface area (Å²) in [4.78, 5) is 0. The van der Waals surface area contributed by atoms with Gasteiger partial charge in [-0.3, -0.25) is 0 Å². The number of phenolic OH excluding ortho intramolecular Hbond substituents is 2. The molecule has 25 heavy (non-hydrogen) atoms. The van der Waals surface area contributed by atoms with Gasteiger partial charge in [-0.2, -0.15) is 0 Å². The number of phenols is 2. The fourth-order valence-corrected chi connectivity index (χ4v) is 3.25. The molecule has 6 heteroatoms. The molecule has 3 rings (SSSR count). The number of rotatable bonds is 6. The molecule has 0 aliphatic carbocycles. The Labute approximate surface area is 145 Å². The van der Waals surface area contributed by atoms with Crippen molar-refractivity contribution in [3.63, 3.8) is 0 Å². The lowest BCUT2D eigenvalue weighted by molar-refractivity contribution is 0.157. The first-order valence-electron chi connectivity index (χ1n) is 8.20. The maximum absolute atomic E-state index is 9.93. The summed E-state index contributed by atoms with van der Waals surface area (Å²) in [5.74, 6) is 0.399. The number of aryl methyl sites for hydroxylation is 1. The Morgan fingerprint density at radius 2 is 1.88 bits per heavy atom. The summed E-state index contributed by atoms with van der Waals surface area (Å²) in [6.45, 7) is -0.0271. The highest BCUT2D eigenvalue weighted by Gasteiger charge is 2.37. The highest BCUT2D eigenvalue weighted by atomic mass is 16.5. The Hall–Kier alpha value is -2.44. The van der Waals surface area contributed by atoms with E-state index < -0.39 is 6.10 Å². The Bertz CT molecular complexity index is 758. The van der Waals surface area contributed by atoms with Crippen LogP contribution in [0.5, 0.6) is 23.0 Å². The van der Waals surface area contributed by atoms with Crippen molar-refractivity contribution >= 4 is 0 Å². The summed E-state index contributed by atoms with van der Waals surface area (Å²) in [5, 5.41) is 38.2. The number of hydrogen-bond donors (Lipinski definition) is 4. The van der Waals surface area contributed by atoms with Crippen LogP contribution in [0.3, 0.4) is 0 Å². The van der Waals surface area contributed by atoms with E-state index in [4.69, 9.17) is 14.6 Å². The van der Waals surface area contributed by atoms with Gasteiger partial charge < -0.3 is 29.9 Å². The molecule has 2 aromatic rings. The van der Waals surface area contributed by atoms with Crippen LogP contribution < -0.4 is 9.47 Å². The van der Waals surface area contributed by atoms with E-state index >= 15 is 0 Å². The van der Waals surface area contributed by atoms with Gasteiger partial charge in [-0.05, 0) is 42.2 Å². The summed E-state index contributed by atoms with van der Waals surface area (Å²) in [6.07, 6.45) is 0.846. The molecular weight excluding hydrogens is 324 g/mol. The molecule has 0 saturated carbocycles. The first kappa shape index (κ1) is 17.4. The smallest absolute Gasteiger partial charge is 0.165 e. The molecule has 0 saturated heterocycles. The lowest BCUT2D eigenvalue weighted by Gasteiger charge is -2.18. The highest BCUT2D eigenvalue weighted by Crippen LogP contribution is 2.51. The van der Waals surface area contributed by atoms with Crippen LogP contribution in [-0.2, 0) is 6.42 Å². The van der Waals surface area contributed by atoms with Crippen molar-refractivity contribution < 1.29 is 29.9 Å². The summed E-state index contributed by atoms with van der Waals surface area (Å²) in [6, 6.07) is 8.34. The monoisotopic (exact) mass is 346 g/mol. The van der Waals surface area contributed by atoms with Crippen LogP contribution in [0.15, 0.2) is 30.3 Å². The maximum Gasteiger partial charge on any atom is 0.165 e. The number of ether oxygens (including phenoxy) is 2. The maximum atomic E-state index is 9.93. The molecule has 1 heterocycles. The van der Waals surface area contributed by atoms with Crippen molar-refractivity contribution in [1.29, 1.82) is 0 Å². The molecule has 6 nitrogen and oxygen atoms in total. The van der Waals surface area contributed by atoms with Gasteiger partial charge in [0.2, 0.25) is 0 Å². The van der Waals surface area contributed by atoms with Crippen molar-refractivity contribution in [2.24, 2.45) is 0 Å². The molecule has 1 aliphatic rings. The Balaban J connectivity index is 2.00. The lowest BCUT2D eigenvalue weighted by atomic mass is 9.90. The standard InChI is InChI=1S/C19H22O6/c1-24-17-8-11(3-2-6-20)7-13-14(10-21)18(25-19(13)17)12-4-5-15(22)16(23)9-12/h4-5,7-9,14,18,20-23H,2-3,6,10H2,1H3. The zero-order chi connectivity index (χ0) is 18.0. The number of aliphatic hydroxyl groups excluding tert-OH is 2. The predicted molar refractivity (Wildman–Crippen MR) is 91.4 cm³/mol. The van der Waals surface area contributed by atoms with E-state index in [0.717, 1.165) is 11.1 Å². The molecule has 0 spiro atoms. The van der Waals surface area contributed by atoms with Gasteiger partial charge in [-0.25, -0.2) is 0 Å². The Morgan fingerprint density at radius 1 is 1.08 bits per heavy atom. The average molecular weight is 346 g/mol. The molecule has 0 amide bonds. The van der Waals surface area contributed by atoms with E-state index in [1.54, 1.807) is 13.2 Å². The summed E-state index contributed by atoms with van der Waals surface area (Å²) in [5.41, 5.74) is 2.50. The molecule has 1 aliphatic heterocycles. The molecule has 2 atom stereocenters. The largest absolute Gasteiger partial charge is 0.504 e. The first-order chi connectivity index (χ1) is 12.1. The minimum absolute atomic E-state index is 0.106. The SMILES string of the molecule is COc1cc(CCCO)cc2c1OC(c1ccc(O)c(O)c1)C2CO. The fourth-order valence-electron chi connectivity index (χ4n) is 3.25. The molecule has 0 fully saturated rings. The number of benzene rings is 2. The van der Waals surface area contributed by atoms with Gasteiger partial charge >= 0.3 is 0 Å². The van der Waals surface area contributed by atoms with Gasteiger partial charge in [-0.15, -0.1) is 0 Å². The number of aromatic hydroxyl groups is 2. The zero-order valence-corrected chi connectivity index (χ0v) is 14.0. The fraction of sp³-hybridized carbons (Fsp3) is 0.368. The number of hydrogen-bond acceptors (Lipinski definition) is 6. The molecule has 134 valence electrons. The van der Waals surface area contributed by atoms with Crippen molar-refractivity contribution in [2.45, 2.75) is 24.9 Å².